The zero-order valence-electron chi connectivity index (χ0n) is 22.2. The topological polar surface area (TPSA) is 52.4 Å². The average Bonchev–Trinajstić information content (AvgIpc) is 3.68. The quantitative estimate of drug-likeness (QED) is 0.382. The summed E-state index contributed by atoms with van der Waals surface area (Å²) in [5.74, 6) is 4.36. The van der Waals surface area contributed by atoms with Gasteiger partial charge in [-0.2, -0.15) is 11.8 Å². The molecule has 3 aromatic rings. The van der Waals surface area contributed by atoms with Crippen molar-refractivity contribution in [2.75, 3.05) is 37.7 Å². The number of thioether (sulfide) groups is 1. The minimum atomic E-state index is -0.0601. The summed E-state index contributed by atoms with van der Waals surface area (Å²) in [5, 5.41) is 1.20. The second-order valence-electron chi connectivity index (χ2n) is 11.8. The first-order valence-electron chi connectivity index (χ1n) is 14.5. The molecule has 1 atom stereocenters. The van der Waals surface area contributed by atoms with Crippen LogP contribution in [0, 0.1) is 5.92 Å². The monoisotopic (exact) mass is 594 g/mol. The van der Waals surface area contributed by atoms with E-state index < -0.39 is 0 Å². The first-order chi connectivity index (χ1) is 18.7. The fraction of sp³-hybridized carbons (Fsp3) is 0.600. The first kappa shape index (κ1) is 25.4. The summed E-state index contributed by atoms with van der Waals surface area (Å²) in [6, 6.07) is 9.11. The standard InChI is InChI=1S/C30H39AsN4O2S/c31-28-27-26(22-2-1-3-25(16-22)36-19-30-10-8-24(37-30)9-11-30)18-35(29(27)33-20-32-28)23-6-4-21(5-7-23)17-34-12-14-38-15-13-34/h1-3,16,18,20-21,23-24H,4-15,17,19,31H2. The van der Waals surface area contributed by atoms with E-state index in [4.69, 9.17) is 14.5 Å². The fourth-order valence-electron chi connectivity index (χ4n) is 7.21. The Morgan fingerprint density at radius 2 is 1.87 bits per heavy atom. The predicted octanol–water partition coefficient (Wildman–Crippen LogP) is 4.23. The Morgan fingerprint density at radius 3 is 2.63 bits per heavy atom. The van der Waals surface area contributed by atoms with Crippen LogP contribution in [0.3, 0.4) is 0 Å². The molecule has 1 unspecified atom stereocenters. The van der Waals surface area contributed by atoms with E-state index in [0.29, 0.717) is 18.8 Å². The minimum absolute atomic E-state index is 0.0601. The molecule has 5 heterocycles. The Balaban J connectivity index is 1.10. The number of ether oxygens (including phenoxy) is 2. The number of rotatable bonds is 7. The zero-order chi connectivity index (χ0) is 25.5. The van der Waals surface area contributed by atoms with E-state index >= 15 is 0 Å². The molecule has 3 aliphatic heterocycles. The fourth-order valence-corrected chi connectivity index (χ4v) is 8.93. The van der Waals surface area contributed by atoms with E-state index in [1.165, 1.54) is 86.2 Å². The van der Waals surface area contributed by atoms with Gasteiger partial charge in [0.25, 0.3) is 0 Å². The van der Waals surface area contributed by atoms with Crippen molar-refractivity contribution >= 4 is 44.1 Å². The van der Waals surface area contributed by atoms with Gasteiger partial charge in [-0.1, -0.05) is 0 Å². The molecule has 0 radical (unpaired) electrons. The second-order valence-corrected chi connectivity index (χ2v) is 14.2. The molecule has 1 aliphatic carbocycles. The van der Waals surface area contributed by atoms with E-state index in [2.05, 4.69) is 56.7 Å². The third kappa shape index (κ3) is 5.05. The van der Waals surface area contributed by atoms with Gasteiger partial charge in [0.05, 0.1) is 0 Å². The molecule has 4 fully saturated rings. The van der Waals surface area contributed by atoms with Crippen molar-refractivity contribution in [1.82, 2.24) is 19.4 Å². The Hall–Kier alpha value is -1.53. The summed E-state index contributed by atoms with van der Waals surface area (Å²) in [6.07, 6.45) is 14.3. The third-order valence-electron chi connectivity index (χ3n) is 9.38. The van der Waals surface area contributed by atoms with Crippen LogP contribution in [-0.4, -0.2) is 85.7 Å². The van der Waals surface area contributed by atoms with Crippen molar-refractivity contribution in [3.05, 3.63) is 36.8 Å². The van der Waals surface area contributed by atoms with Crippen LogP contribution in [0.4, 0.5) is 0 Å². The van der Waals surface area contributed by atoms with Crippen LogP contribution >= 0.6 is 11.8 Å². The van der Waals surface area contributed by atoms with Gasteiger partial charge in [-0.15, -0.1) is 0 Å². The van der Waals surface area contributed by atoms with Gasteiger partial charge in [0, 0.05) is 0 Å². The van der Waals surface area contributed by atoms with Crippen molar-refractivity contribution in [3.8, 4) is 16.9 Å². The van der Waals surface area contributed by atoms with Crippen LogP contribution in [0.5, 0.6) is 5.75 Å². The van der Waals surface area contributed by atoms with Crippen molar-refractivity contribution in [3.63, 3.8) is 0 Å². The van der Waals surface area contributed by atoms with E-state index in [-0.39, 0.29) is 5.60 Å². The van der Waals surface area contributed by atoms with Crippen LogP contribution < -0.4 is 9.22 Å². The summed E-state index contributed by atoms with van der Waals surface area (Å²) in [5.41, 5.74) is 3.45. The van der Waals surface area contributed by atoms with Crippen LogP contribution in [0.2, 0.25) is 0 Å². The van der Waals surface area contributed by atoms with Gasteiger partial charge < -0.3 is 0 Å². The number of benzene rings is 1. The molecule has 6 nitrogen and oxygen atoms in total. The van der Waals surface area contributed by atoms with Crippen LogP contribution in [0.1, 0.15) is 57.4 Å². The molecule has 4 aliphatic rings. The molecule has 0 spiro atoms. The summed E-state index contributed by atoms with van der Waals surface area (Å²) in [4.78, 5) is 12.1. The second kappa shape index (κ2) is 10.8. The van der Waals surface area contributed by atoms with Gasteiger partial charge in [-0.25, -0.2) is 0 Å². The summed E-state index contributed by atoms with van der Waals surface area (Å²) < 4.78 is 16.2. The molecule has 0 amide bonds. The van der Waals surface area contributed by atoms with E-state index in [1.807, 2.05) is 0 Å². The van der Waals surface area contributed by atoms with Gasteiger partial charge in [-0.3, -0.25) is 0 Å². The number of aromatic nitrogens is 3. The number of hydrogen-bond donors (Lipinski definition) is 0. The van der Waals surface area contributed by atoms with Crippen molar-refractivity contribution in [1.29, 1.82) is 0 Å². The first-order valence-corrected chi connectivity index (χ1v) is 16.8. The average molecular weight is 595 g/mol. The molecule has 202 valence electrons. The molecule has 2 aromatic heterocycles. The van der Waals surface area contributed by atoms with E-state index in [1.54, 1.807) is 23.2 Å². The molecule has 8 heteroatoms. The van der Waals surface area contributed by atoms with E-state index in [9.17, 15) is 0 Å². The number of fused-ring (bicyclic) bond motifs is 3. The normalized spacial score (nSPS) is 29.8. The van der Waals surface area contributed by atoms with Gasteiger partial charge in [0.15, 0.2) is 0 Å². The Bertz CT molecular complexity index is 1280. The van der Waals surface area contributed by atoms with Gasteiger partial charge >= 0.3 is 228 Å². The number of nitrogens with zero attached hydrogens (tertiary/aromatic N) is 4. The maximum absolute atomic E-state index is 6.35. The molecule has 38 heavy (non-hydrogen) atoms. The molecular weight excluding hydrogens is 555 g/mol. The van der Waals surface area contributed by atoms with Crippen molar-refractivity contribution in [2.24, 2.45) is 5.92 Å². The Labute approximate surface area is 238 Å². The Kier molecular flexibility index (Phi) is 7.23. The molecule has 1 aromatic carbocycles. The summed E-state index contributed by atoms with van der Waals surface area (Å²) in [7, 11) is 0. The van der Waals surface area contributed by atoms with Gasteiger partial charge in [-0.05, 0) is 0 Å². The third-order valence-corrected chi connectivity index (χ3v) is 11.2. The van der Waals surface area contributed by atoms with Crippen LogP contribution in [0.25, 0.3) is 22.2 Å². The van der Waals surface area contributed by atoms with Crippen LogP contribution in [0.15, 0.2) is 36.8 Å². The Morgan fingerprint density at radius 1 is 1.05 bits per heavy atom. The molecule has 7 rings (SSSR count). The van der Waals surface area contributed by atoms with E-state index in [0.717, 1.165) is 34.6 Å². The van der Waals surface area contributed by atoms with Gasteiger partial charge in [0.1, 0.15) is 0 Å². The molecule has 2 bridgehead atoms. The molecule has 3 saturated heterocycles. The SMILES string of the molecule is [AsH2]c1ncnc2c1c(-c1cccc(OCC34CCC(CC3)O4)c1)cn2C1CCC(CN2CCSCC2)CC1. The number of hydrogen-bond acceptors (Lipinski definition) is 6. The van der Waals surface area contributed by atoms with Crippen LogP contribution in [-0.2, 0) is 4.74 Å². The summed E-state index contributed by atoms with van der Waals surface area (Å²) in [6.45, 7) is 4.48. The van der Waals surface area contributed by atoms with Crippen molar-refractivity contribution < 1.29 is 9.47 Å². The van der Waals surface area contributed by atoms with Gasteiger partial charge in [0.2, 0.25) is 0 Å². The molecule has 0 N–H and O–H groups in total. The summed E-state index contributed by atoms with van der Waals surface area (Å²) >= 11 is 3.67. The van der Waals surface area contributed by atoms with Crippen molar-refractivity contribution in [2.45, 2.75) is 69.1 Å². The maximum atomic E-state index is 6.35. The molecular formula is C30H39AsN4O2S. The zero-order valence-corrected chi connectivity index (χ0v) is 25.4. The molecule has 1 saturated carbocycles. The predicted molar refractivity (Wildman–Crippen MR) is 157 cm³/mol.